The average Bonchev–Trinajstić information content (AvgIpc) is 3.21. The van der Waals surface area contributed by atoms with E-state index in [2.05, 4.69) is 38.2 Å². The molecule has 1 heterocycles. The molecule has 1 aliphatic rings. The topological polar surface area (TPSA) is 189 Å². The number of carbonyl (C=O) groups excluding carboxylic acids is 1. The Kier molecular flexibility index (Phi) is 33.6. The van der Waals surface area contributed by atoms with Crippen molar-refractivity contribution in [2.24, 2.45) is 5.92 Å². The molecule has 11 nitrogen and oxygen atoms in total. The molecule has 1 aliphatic heterocycles. The Morgan fingerprint density at radius 2 is 1.12 bits per heavy atom. The Balaban J connectivity index is 2.42. The number of carbonyl (C=O) groups is 1. The van der Waals surface area contributed by atoms with Gasteiger partial charge in [-0.2, -0.15) is 0 Å². The third-order valence-electron chi connectivity index (χ3n) is 11.9. The van der Waals surface area contributed by atoms with E-state index in [4.69, 9.17) is 9.47 Å². The van der Waals surface area contributed by atoms with E-state index < -0.39 is 74.2 Å². The van der Waals surface area contributed by atoms with Crippen LogP contribution in [-0.4, -0.2) is 110 Å². The molecular formula is C46H89NO10. The van der Waals surface area contributed by atoms with Crippen molar-refractivity contribution >= 4 is 5.91 Å². The van der Waals surface area contributed by atoms with Crippen LogP contribution in [0.1, 0.15) is 201 Å². The molecule has 1 fully saturated rings. The molecule has 10 unspecified atom stereocenters. The number of hydrogen-bond acceptors (Lipinski definition) is 10. The summed E-state index contributed by atoms with van der Waals surface area (Å²) in [5.74, 6) is 0.0774. The zero-order chi connectivity index (χ0) is 42.1. The summed E-state index contributed by atoms with van der Waals surface area (Å²) < 4.78 is 11.1. The second-order valence-corrected chi connectivity index (χ2v) is 17.1. The minimum Gasteiger partial charge on any atom is -0.394 e. The minimum absolute atomic E-state index is 0.259. The van der Waals surface area contributed by atoms with Crippen LogP contribution in [0.25, 0.3) is 0 Å². The van der Waals surface area contributed by atoms with E-state index in [1.165, 1.54) is 116 Å². The highest BCUT2D eigenvalue weighted by Crippen LogP contribution is 2.23. The Morgan fingerprint density at radius 3 is 1.63 bits per heavy atom. The maximum atomic E-state index is 13.1. The fourth-order valence-corrected chi connectivity index (χ4v) is 7.53. The molecule has 0 saturated carbocycles. The van der Waals surface area contributed by atoms with Crippen molar-refractivity contribution in [1.82, 2.24) is 5.32 Å². The summed E-state index contributed by atoms with van der Waals surface area (Å²) in [6.07, 6.45) is 24.1. The van der Waals surface area contributed by atoms with Gasteiger partial charge < -0.3 is 50.5 Å². The first-order chi connectivity index (χ1) is 27.6. The van der Waals surface area contributed by atoms with Crippen LogP contribution in [0.2, 0.25) is 0 Å². The lowest BCUT2D eigenvalue weighted by Gasteiger charge is -2.40. The highest BCUT2D eigenvalue weighted by Gasteiger charge is 2.44. The largest absolute Gasteiger partial charge is 0.394 e. The number of nitrogens with one attached hydrogen (secondary N) is 1. The maximum absolute atomic E-state index is 13.1. The predicted molar refractivity (Wildman–Crippen MR) is 229 cm³/mol. The summed E-state index contributed by atoms with van der Waals surface area (Å²) >= 11 is 0. The smallest absolute Gasteiger partial charge is 0.249 e. The first kappa shape index (κ1) is 53.9. The number of rotatable bonds is 38. The van der Waals surface area contributed by atoms with E-state index in [9.17, 15) is 40.5 Å². The van der Waals surface area contributed by atoms with Gasteiger partial charge in [0.1, 0.15) is 36.6 Å². The fourth-order valence-electron chi connectivity index (χ4n) is 7.53. The van der Waals surface area contributed by atoms with Crippen molar-refractivity contribution in [3.8, 4) is 0 Å². The van der Waals surface area contributed by atoms with Crippen molar-refractivity contribution in [1.29, 1.82) is 0 Å². The number of ether oxygens (including phenoxy) is 2. The summed E-state index contributed by atoms with van der Waals surface area (Å²) in [5, 5.41) is 75.6. The van der Waals surface area contributed by atoms with Crippen LogP contribution < -0.4 is 5.32 Å². The van der Waals surface area contributed by atoms with Crippen LogP contribution >= 0.6 is 0 Å². The number of aliphatic hydroxyl groups excluding tert-OH is 7. The molecule has 10 atom stereocenters. The average molecular weight is 816 g/mol. The summed E-state index contributed by atoms with van der Waals surface area (Å²) in [7, 11) is 0. The van der Waals surface area contributed by atoms with Gasteiger partial charge in [-0.1, -0.05) is 174 Å². The lowest BCUT2D eigenvalue weighted by Crippen LogP contribution is -2.60. The van der Waals surface area contributed by atoms with Gasteiger partial charge in [-0.05, 0) is 44.4 Å². The molecule has 0 radical (unpaired) electrons. The van der Waals surface area contributed by atoms with Gasteiger partial charge in [0.15, 0.2) is 6.29 Å². The number of unbranched alkanes of at least 4 members (excludes halogenated alkanes) is 21. The number of hydrogen-bond donors (Lipinski definition) is 8. The van der Waals surface area contributed by atoms with Crippen LogP contribution in [0, 0.1) is 5.92 Å². The van der Waals surface area contributed by atoms with E-state index >= 15 is 0 Å². The van der Waals surface area contributed by atoms with Gasteiger partial charge in [0.05, 0.1) is 25.4 Å². The molecular weight excluding hydrogens is 727 g/mol. The van der Waals surface area contributed by atoms with E-state index in [1.807, 2.05) is 0 Å². The molecule has 338 valence electrons. The van der Waals surface area contributed by atoms with Gasteiger partial charge in [0, 0.05) is 0 Å². The predicted octanol–water partition coefficient (Wildman–Crippen LogP) is 7.53. The molecule has 1 saturated heterocycles. The third kappa shape index (κ3) is 25.9. The first-order valence-corrected chi connectivity index (χ1v) is 23.5. The molecule has 1 amide bonds. The second-order valence-electron chi connectivity index (χ2n) is 17.1. The summed E-state index contributed by atoms with van der Waals surface area (Å²) in [4.78, 5) is 13.1. The van der Waals surface area contributed by atoms with Crippen molar-refractivity contribution in [3.63, 3.8) is 0 Å². The zero-order valence-electron chi connectivity index (χ0n) is 36.5. The molecule has 0 aromatic rings. The van der Waals surface area contributed by atoms with E-state index in [0.717, 1.165) is 44.4 Å². The molecule has 0 bridgehead atoms. The number of aliphatic hydroxyl groups is 7. The quantitative estimate of drug-likeness (QED) is 0.0229. The van der Waals surface area contributed by atoms with Gasteiger partial charge in [0.25, 0.3) is 0 Å². The van der Waals surface area contributed by atoms with Crippen LogP contribution in [0.3, 0.4) is 0 Å². The number of allylic oxidation sites excluding steroid dienone is 2. The number of amides is 1. The minimum atomic E-state index is -1.66. The molecule has 0 aliphatic carbocycles. The SMILES string of the molecule is CCCCCCCCC=CCCCCCCCCCCCC(O)C(=O)NC(COC1OC(CO)C(O)C(O)C1O)C(O)C(O)CCCCCCCCCC(C)CC. The van der Waals surface area contributed by atoms with Gasteiger partial charge in [-0.15, -0.1) is 0 Å². The lowest BCUT2D eigenvalue weighted by molar-refractivity contribution is -0.303. The summed E-state index contributed by atoms with van der Waals surface area (Å²) in [5.41, 5.74) is 0. The van der Waals surface area contributed by atoms with Crippen LogP contribution in [0.4, 0.5) is 0 Å². The molecule has 0 aromatic heterocycles. The van der Waals surface area contributed by atoms with Crippen LogP contribution in [-0.2, 0) is 14.3 Å². The van der Waals surface area contributed by atoms with E-state index in [-0.39, 0.29) is 6.42 Å². The third-order valence-corrected chi connectivity index (χ3v) is 11.9. The van der Waals surface area contributed by atoms with Gasteiger partial charge in [0.2, 0.25) is 5.91 Å². The van der Waals surface area contributed by atoms with Crippen molar-refractivity contribution < 1.29 is 50.0 Å². The maximum Gasteiger partial charge on any atom is 0.249 e. The normalized spacial score (nSPS) is 22.7. The van der Waals surface area contributed by atoms with E-state index in [1.54, 1.807) is 0 Å². The Morgan fingerprint density at radius 1 is 0.649 bits per heavy atom. The van der Waals surface area contributed by atoms with Gasteiger partial charge in [-0.3, -0.25) is 4.79 Å². The summed E-state index contributed by atoms with van der Waals surface area (Å²) in [6.45, 7) is 5.72. The van der Waals surface area contributed by atoms with Crippen molar-refractivity contribution in [2.75, 3.05) is 13.2 Å². The van der Waals surface area contributed by atoms with Crippen molar-refractivity contribution in [3.05, 3.63) is 12.2 Å². The van der Waals surface area contributed by atoms with Gasteiger partial charge in [-0.25, -0.2) is 0 Å². The molecule has 0 aromatic carbocycles. The lowest BCUT2D eigenvalue weighted by atomic mass is 9.98. The molecule has 1 rings (SSSR count). The molecule has 8 N–H and O–H groups in total. The summed E-state index contributed by atoms with van der Waals surface area (Å²) in [6, 6.07) is -1.17. The second kappa shape index (κ2) is 35.6. The standard InChI is InChI=1S/C46H89NO10/c1-4-6-7-8-9-10-11-12-13-14-15-16-17-18-19-20-23-27-30-33-39(50)45(55)47-37(35-56-46-44(54)43(53)42(52)40(34-48)57-46)41(51)38(49)32-29-26-24-21-22-25-28-31-36(3)5-2/h12-13,36-44,46,48-54H,4-11,14-35H2,1-3H3,(H,47,55). The molecule has 11 heteroatoms. The zero-order valence-corrected chi connectivity index (χ0v) is 36.5. The highest BCUT2D eigenvalue weighted by molar-refractivity contribution is 5.80. The monoisotopic (exact) mass is 816 g/mol. The Labute approximate surface area is 347 Å². The molecule has 0 spiro atoms. The fraction of sp³-hybridized carbons (Fsp3) is 0.935. The Hall–Kier alpha value is -1.15. The van der Waals surface area contributed by atoms with Crippen LogP contribution in [0.5, 0.6) is 0 Å². The van der Waals surface area contributed by atoms with Crippen LogP contribution in [0.15, 0.2) is 12.2 Å². The van der Waals surface area contributed by atoms with E-state index in [0.29, 0.717) is 19.3 Å². The Bertz CT molecular complexity index is 954. The first-order valence-electron chi connectivity index (χ1n) is 23.5. The molecule has 57 heavy (non-hydrogen) atoms. The van der Waals surface area contributed by atoms with Crippen molar-refractivity contribution in [2.45, 2.75) is 256 Å². The van der Waals surface area contributed by atoms with Gasteiger partial charge >= 0.3 is 0 Å². The highest BCUT2D eigenvalue weighted by atomic mass is 16.7.